The van der Waals surface area contributed by atoms with Crippen molar-refractivity contribution in [2.45, 2.75) is 109 Å². The van der Waals surface area contributed by atoms with Crippen LogP contribution in [0.1, 0.15) is 96.0 Å². The summed E-state index contributed by atoms with van der Waals surface area (Å²) in [5, 5.41) is 3.45. The molecule has 1 aliphatic heterocycles. The van der Waals surface area contributed by atoms with Crippen molar-refractivity contribution in [2.75, 3.05) is 12.9 Å². The number of rotatable bonds is 20. The van der Waals surface area contributed by atoms with Crippen LogP contribution in [0.15, 0.2) is 42.0 Å². The van der Waals surface area contributed by atoms with E-state index in [4.69, 9.17) is 4.74 Å². The quantitative estimate of drug-likeness (QED) is 0.0759. The van der Waals surface area contributed by atoms with E-state index in [0.29, 0.717) is 6.54 Å². The van der Waals surface area contributed by atoms with Crippen LogP contribution in [-0.2, 0) is 35.2 Å². The number of hydrogen-bond donors (Lipinski definition) is 1. The van der Waals surface area contributed by atoms with Crippen LogP contribution in [0.25, 0.3) is 0 Å². The number of benzene rings is 1. The molecule has 1 aromatic carbocycles. The summed E-state index contributed by atoms with van der Waals surface area (Å²) in [4.78, 5) is 25.1. The fourth-order valence-electron chi connectivity index (χ4n) is 4.46. The highest BCUT2D eigenvalue weighted by Gasteiger charge is 2.39. The molecule has 0 radical (unpaired) electrons. The second-order valence-electron chi connectivity index (χ2n) is 9.98. The van der Waals surface area contributed by atoms with E-state index in [1.807, 2.05) is 30.3 Å². The Labute approximate surface area is 223 Å². The highest BCUT2D eigenvalue weighted by atomic mass is 32.2. The molecule has 2 unspecified atom stereocenters. The van der Waals surface area contributed by atoms with Gasteiger partial charge in [0.05, 0.1) is 6.26 Å². The van der Waals surface area contributed by atoms with Gasteiger partial charge in [0.25, 0.3) is 10.1 Å². The Bertz CT molecular complexity index is 944. The summed E-state index contributed by atoms with van der Waals surface area (Å²) in [6.45, 7) is 2.36. The Kier molecular flexibility index (Phi) is 14.7. The first-order chi connectivity index (χ1) is 17.8. The van der Waals surface area contributed by atoms with Gasteiger partial charge in [0.1, 0.15) is 12.2 Å². The first kappa shape index (κ1) is 31.2. The minimum atomic E-state index is -3.74. The van der Waals surface area contributed by atoms with Crippen LogP contribution < -0.4 is 5.32 Å². The van der Waals surface area contributed by atoms with E-state index in [2.05, 4.69) is 16.4 Å². The largest absolute Gasteiger partial charge is 0.448 e. The lowest BCUT2D eigenvalue weighted by atomic mass is 10.0. The molecule has 1 aromatic rings. The molecule has 2 atom stereocenters. The molecule has 7 nitrogen and oxygen atoms in total. The van der Waals surface area contributed by atoms with Gasteiger partial charge in [-0.15, -0.1) is 0 Å². The Morgan fingerprint density at radius 2 is 1.49 bits per heavy atom. The average Bonchev–Trinajstić information content (AvgIpc) is 3.14. The third-order valence-corrected chi connectivity index (χ3v) is 7.17. The molecule has 0 amide bonds. The monoisotopic (exact) mass is 535 g/mol. The number of ether oxygens (including phenoxy) is 1. The SMILES string of the molecule is CCCCCCCCCCCCCCC(/C=C1\C(=O)OC(COS(C)(=O)=O)C1=O)NCc1ccccc1. The molecule has 208 valence electrons. The molecular formula is C29H45NO6S. The highest BCUT2D eigenvalue weighted by Crippen LogP contribution is 2.20. The van der Waals surface area contributed by atoms with Crippen LogP contribution >= 0.6 is 0 Å². The minimum absolute atomic E-state index is 0.0356. The summed E-state index contributed by atoms with van der Waals surface area (Å²) in [6.07, 6.45) is 17.3. The molecular weight excluding hydrogens is 490 g/mol. The van der Waals surface area contributed by atoms with Crippen molar-refractivity contribution in [3.8, 4) is 0 Å². The lowest BCUT2D eigenvalue weighted by molar-refractivity contribution is -0.142. The van der Waals surface area contributed by atoms with E-state index in [1.165, 1.54) is 64.2 Å². The van der Waals surface area contributed by atoms with E-state index in [0.717, 1.165) is 31.1 Å². The standard InChI is InChI=1S/C29H45NO6S/c1-3-4-5-6-7-8-9-10-11-12-13-17-20-25(30-22-24-18-15-14-16-19-24)21-26-28(31)27(36-29(26)32)23-35-37(2,33)34/h14-16,18-19,21,25,27,30H,3-13,17,20,22-23H2,1-2H3/b26-21-. The molecule has 8 heteroatoms. The summed E-state index contributed by atoms with van der Waals surface area (Å²) in [5.74, 6) is -1.26. The maximum Gasteiger partial charge on any atom is 0.342 e. The third kappa shape index (κ3) is 13.4. The van der Waals surface area contributed by atoms with Crippen molar-refractivity contribution in [1.82, 2.24) is 5.32 Å². The zero-order valence-electron chi connectivity index (χ0n) is 22.6. The number of nitrogens with one attached hydrogen (secondary N) is 1. The molecule has 37 heavy (non-hydrogen) atoms. The smallest absolute Gasteiger partial charge is 0.342 e. The number of Topliss-reactive ketones (excluding diaryl/α,β-unsaturated/α-hetero) is 1. The van der Waals surface area contributed by atoms with Gasteiger partial charge >= 0.3 is 5.97 Å². The minimum Gasteiger partial charge on any atom is -0.448 e. The molecule has 1 saturated heterocycles. The number of cyclic esters (lactones) is 1. The fourth-order valence-corrected chi connectivity index (χ4v) is 4.83. The third-order valence-electron chi connectivity index (χ3n) is 6.61. The van der Waals surface area contributed by atoms with Gasteiger partial charge in [0, 0.05) is 12.6 Å². The van der Waals surface area contributed by atoms with Gasteiger partial charge < -0.3 is 10.1 Å². The van der Waals surface area contributed by atoms with Gasteiger partial charge in [-0.25, -0.2) is 4.79 Å². The Morgan fingerprint density at radius 1 is 0.919 bits per heavy atom. The summed E-state index contributed by atoms with van der Waals surface area (Å²) in [5.41, 5.74) is 1.08. The summed E-state index contributed by atoms with van der Waals surface area (Å²) >= 11 is 0. The first-order valence-corrected chi connectivity index (χ1v) is 15.7. The van der Waals surface area contributed by atoms with E-state index >= 15 is 0 Å². The van der Waals surface area contributed by atoms with Gasteiger partial charge in [-0.05, 0) is 18.1 Å². The van der Waals surface area contributed by atoms with Crippen molar-refractivity contribution < 1.29 is 26.9 Å². The van der Waals surface area contributed by atoms with Crippen molar-refractivity contribution in [2.24, 2.45) is 0 Å². The van der Waals surface area contributed by atoms with Crippen molar-refractivity contribution >= 4 is 21.9 Å². The Balaban J connectivity index is 1.81. The second-order valence-corrected chi connectivity index (χ2v) is 11.6. The number of hydrogen-bond acceptors (Lipinski definition) is 7. The number of carbonyl (C=O) groups excluding carboxylic acids is 2. The Hall–Kier alpha value is -2.03. The molecule has 0 aromatic heterocycles. The fraction of sp³-hybridized carbons (Fsp3) is 0.655. The lowest BCUT2D eigenvalue weighted by Crippen LogP contribution is -2.29. The summed E-state index contributed by atoms with van der Waals surface area (Å²) in [6, 6.07) is 9.77. The molecule has 1 aliphatic rings. The number of ketones is 1. The van der Waals surface area contributed by atoms with Gasteiger partial charge in [-0.3, -0.25) is 8.98 Å². The van der Waals surface area contributed by atoms with Crippen molar-refractivity contribution in [3.05, 3.63) is 47.5 Å². The van der Waals surface area contributed by atoms with Crippen molar-refractivity contribution in [3.63, 3.8) is 0 Å². The van der Waals surface area contributed by atoms with Crippen LogP contribution in [0.3, 0.4) is 0 Å². The van der Waals surface area contributed by atoms with Crippen LogP contribution in [0.5, 0.6) is 0 Å². The molecule has 0 bridgehead atoms. The summed E-state index contributed by atoms with van der Waals surface area (Å²) < 4.78 is 32.3. The topological polar surface area (TPSA) is 98.8 Å². The molecule has 1 heterocycles. The molecule has 1 fully saturated rings. The van der Waals surface area contributed by atoms with Crippen molar-refractivity contribution in [1.29, 1.82) is 0 Å². The summed E-state index contributed by atoms with van der Waals surface area (Å²) in [7, 11) is -3.74. The van der Waals surface area contributed by atoms with Crippen LogP contribution in [-0.4, -0.2) is 45.2 Å². The van der Waals surface area contributed by atoms with Gasteiger partial charge in [0.15, 0.2) is 6.10 Å². The van der Waals surface area contributed by atoms with Crippen LogP contribution in [0, 0.1) is 0 Å². The molecule has 1 N–H and O–H groups in total. The molecule has 0 saturated carbocycles. The van der Waals surface area contributed by atoms with Gasteiger partial charge in [-0.2, -0.15) is 8.42 Å². The average molecular weight is 536 g/mol. The number of esters is 1. The predicted octanol–water partition coefficient (Wildman–Crippen LogP) is 5.63. The van der Waals surface area contributed by atoms with E-state index < -0.39 is 34.6 Å². The number of carbonyl (C=O) groups is 2. The maximum atomic E-state index is 12.7. The van der Waals surface area contributed by atoms with Gasteiger partial charge in [0.2, 0.25) is 5.78 Å². The van der Waals surface area contributed by atoms with Gasteiger partial charge in [-0.1, -0.05) is 114 Å². The lowest BCUT2D eigenvalue weighted by Gasteiger charge is -2.16. The first-order valence-electron chi connectivity index (χ1n) is 13.9. The van der Waals surface area contributed by atoms with E-state index in [1.54, 1.807) is 6.08 Å². The maximum absolute atomic E-state index is 12.7. The number of unbranched alkanes of at least 4 members (excludes halogenated alkanes) is 11. The predicted molar refractivity (Wildman–Crippen MR) is 147 cm³/mol. The Morgan fingerprint density at radius 3 is 2.05 bits per heavy atom. The van der Waals surface area contributed by atoms with E-state index in [-0.39, 0.29) is 11.6 Å². The van der Waals surface area contributed by atoms with Crippen LogP contribution in [0.2, 0.25) is 0 Å². The molecule has 2 rings (SSSR count). The zero-order chi connectivity index (χ0) is 26.9. The highest BCUT2D eigenvalue weighted by molar-refractivity contribution is 7.85. The second kappa shape index (κ2) is 17.5. The zero-order valence-corrected chi connectivity index (χ0v) is 23.4. The molecule has 0 aliphatic carbocycles. The normalized spacial score (nSPS) is 17.9. The molecule has 0 spiro atoms. The van der Waals surface area contributed by atoms with E-state index in [9.17, 15) is 18.0 Å². The van der Waals surface area contributed by atoms with Crippen LogP contribution in [0.4, 0.5) is 0 Å².